The summed E-state index contributed by atoms with van der Waals surface area (Å²) in [6, 6.07) is 30.2. The van der Waals surface area contributed by atoms with E-state index in [-0.39, 0.29) is 11.0 Å². The molecule has 0 amide bonds. The molecule has 5 rings (SSSR count). The van der Waals surface area contributed by atoms with Crippen LogP contribution in [-0.2, 0) is 14.9 Å². The molecule has 29 heavy (non-hydrogen) atoms. The fraction of sp³-hybridized carbons (Fsp3) is 0.280. The zero-order chi connectivity index (χ0) is 19.8. The van der Waals surface area contributed by atoms with Crippen molar-refractivity contribution in [2.75, 3.05) is 13.2 Å². The van der Waals surface area contributed by atoms with Crippen LogP contribution in [0.15, 0.2) is 91.0 Å². The third kappa shape index (κ3) is 3.71. The van der Waals surface area contributed by atoms with E-state index in [9.17, 15) is 4.57 Å². The third-order valence-electron chi connectivity index (χ3n) is 6.33. The second-order valence-electron chi connectivity index (χ2n) is 8.44. The van der Waals surface area contributed by atoms with Crippen LogP contribution in [0, 0.1) is 5.41 Å². The smallest absolute Gasteiger partial charge is 0.204 e. The van der Waals surface area contributed by atoms with Crippen molar-refractivity contribution in [1.29, 1.82) is 0 Å². The summed E-state index contributed by atoms with van der Waals surface area (Å²) in [5.41, 5.74) is 1.27. The van der Waals surface area contributed by atoms with Gasteiger partial charge in [0.25, 0.3) is 0 Å². The Balaban J connectivity index is 1.38. The minimum atomic E-state index is -2.89. The first-order valence-electron chi connectivity index (χ1n) is 10.3. The minimum Gasteiger partial charge on any atom is -0.364 e. The van der Waals surface area contributed by atoms with E-state index in [2.05, 4.69) is 29.4 Å². The number of ether oxygens (including phenoxy) is 1. The van der Waals surface area contributed by atoms with Crippen LogP contribution in [0.2, 0.25) is 0 Å². The van der Waals surface area contributed by atoms with Crippen LogP contribution < -0.4 is 15.7 Å². The van der Waals surface area contributed by atoms with E-state index < -0.39 is 7.29 Å². The molecule has 0 aromatic heterocycles. The Morgan fingerprint density at radius 3 is 1.72 bits per heavy atom. The van der Waals surface area contributed by atoms with Crippen LogP contribution in [0.4, 0.5) is 0 Å². The van der Waals surface area contributed by atoms with E-state index in [0.717, 1.165) is 43.0 Å². The number of epoxide rings is 1. The summed E-state index contributed by atoms with van der Waals surface area (Å²) in [4.78, 5) is 0. The third-order valence-corrected chi connectivity index (χ3v) is 8.98. The summed E-state index contributed by atoms with van der Waals surface area (Å²) in [5, 5.41) is 5.26. The van der Waals surface area contributed by atoms with Gasteiger partial charge in [-0.05, 0) is 54.5 Å². The van der Waals surface area contributed by atoms with Crippen LogP contribution in [-0.4, -0.2) is 13.2 Å². The zero-order valence-electron chi connectivity index (χ0n) is 16.5. The number of hydrogen-bond donors (Lipinski definition) is 1. The van der Waals surface area contributed by atoms with Crippen LogP contribution in [0.25, 0.3) is 0 Å². The first kappa shape index (κ1) is 18.8. The van der Waals surface area contributed by atoms with Gasteiger partial charge < -0.3 is 4.74 Å². The van der Waals surface area contributed by atoms with Gasteiger partial charge in [-0.1, -0.05) is 66.7 Å². The van der Waals surface area contributed by atoms with Gasteiger partial charge in [0.15, 0.2) is 0 Å². The van der Waals surface area contributed by atoms with Crippen molar-refractivity contribution in [2.45, 2.75) is 24.9 Å². The van der Waals surface area contributed by atoms with Crippen molar-refractivity contribution in [2.24, 2.45) is 5.41 Å². The quantitative estimate of drug-likeness (QED) is 0.441. The van der Waals surface area contributed by atoms with E-state index in [4.69, 9.17) is 4.74 Å². The molecule has 0 spiro atoms. The molecule has 0 bridgehead atoms. The highest BCUT2D eigenvalue weighted by Crippen LogP contribution is 2.58. The Labute approximate surface area is 172 Å². The highest BCUT2D eigenvalue weighted by molar-refractivity contribution is 7.76. The van der Waals surface area contributed by atoms with Crippen molar-refractivity contribution >= 4 is 17.9 Å². The molecule has 1 heterocycles. The van der Waals surface area contributed by atoms with Gasteiger partial charge in [0.2, 0.25) is 7.29 Å². The summed E-state index contributed by atoms with van der Waals surface area (Å²) in [6.07, 6.45) is 3.30. The molecule has 2 fully saturated rings. The highest BCUT2D eigenvalue weighted by Gasteiger charge is 2.56. The first-order chi connectivity index (χ1) is 14.1. The average molecular weight is 403 g/mol. The van der Waals surface area contributed by atoms with Gasteiger partial charge in [0.1, 0.15) is 5.60 Å². The molecule has 2 aliphatic rings. The summed E-state index contributed by atoms with van der Waals surface area (Å²) in [6.45, 7) is 1.53. The second-order valence-corrected chi connectivity index (χ2v) is 11.0. The van der Waals surface area contributed by atoms with Crippen molar-refractivity contribution in [3.63, 3.8) is 0 Å². The van der Waals surface area contributed by atoms with Gasteiger partial charge in [-0.2, -0.15) is 0 Å². The van der Waals surface area contributed by atoms with Crippen LogP contribution in [0.3, 0.4) is 0 Å². The molecule has 1 saturated carbocycles. The first-order valence-corrected chi connectivity index (χ1v) is 12.0. The minimum absolute atomic E-state index is 0.150. The van der Waals surface area contributed by atoms with Gasteiger partial charge >= 0.3 is 0 Å². The molecule has 148 valence electrons. The molecule has 1 N–H and O–H groups in total. The molecule has 4 heteroatoms. The molecule has 3 aromatic rings. The van der Waals surface area contributed by atoms with E-state index in [1.165, 1.54) is 5.56 Å². The molecule has 1 unspecified atom stereocenters. The lowest BCUT2D eigenvalue weighted by atomic mass is 9.87. The lowest BCUT2D eigenvalue weighted by molar-refractivity contribution is 0.244. The highest BCUT2D eigenvalue weighted by atomic mass is 31.2. The standard InChI is InChI=1S/C25H26NO2P/c27-29(22-12-6-2-7-13-22,23-14-8-3-9-15-23)26-19-24(16-17-24)18-25(20-28-25)21-10-4-1-5-11-21/h1-15H,16-20H2,(H,26,27). The van der Waals surface area contributed by atoms with Crippen LogP contribution in [0.5, 0.6) is 0 Å². The maximum Gasteiger partial charge on any atom is 0.204 e. The molecular weight excluding hydrogens is 377 g/mol. The molecule has 1 aliphatic carbocycles. The van der Waals surface area contributed by atoms with E-state index in [1.807, 2.05) is 66.7 Å². The van der Waals surface area contributed by atoms with Crippen molar-refractivity contribution < 1.29 is 9.30 Å². The second kappa shape index (κ2) is 7.25. The number of hydrogen-bond acceptors (Lipinski definition) is 2. The van der Waals surface area contributed by atoms with E-state index in [0.29, 0.717) is 0 Å². The summed E-state index contributed by atoms with van der Waals surface area (Å²) in [7, 11) is -2.89. The summed E-state index contributed by atoms with van der Waals surface area (Å²) in [5.74, 6) is 0. The Morgan fingerprint density at radius 2 is 1.28 bits per heavy atom. The molecule has 1 saturated heterocycles. The van der Waals surface area contributed by atoms with Gasteiger partial charge in [-0.15, -0.1) is 0 Å². The molecule has 3 nitrogen and oxygen atoms in total. The maximum absolute atomic E-state index is 14.2. The van der Waals surface area contributed by atoms with Crippen molar-refractivity contribution in [1.82, 2.24) is 5.09 Å². The van der Waals surface area contributed by atoms with Gasteiger partial charge in [0.05, 0.1) is 6.61 Å². The summed E-state index contributed by atoms with van der Waals surface area (Å²) < 4.78 is 20.2. The number of benzene rings is 3. The predicted molar refractivity (Wildman–Crippen MR) is 118 cm³/mol. The summed E-state index contributed by atoms with van der Waals surface area (Å²) >= 11 is 0. The SMILES string of the molecule is O=P(NCC1(CC2(c3ccccc3)CO2)CC1)(c1ccccc1)c1ccccc1. The van der Waals surface area contributed by atoms with Crippen LogP contribution >= 0.6 is 7.29 Å². The largest absolute Gasteiger partial charge is 0.364 e. The Bertz CT molecular complexity index is 969. The number of nitrogens with one attached hydrogen (secondary N) is 1. The Kier molecular flexibility index (Phi) is 4.70. The van der Waals surface area contributed by atoms with Gasteiger partial charge in [-0.25, -0.2) is 0 Å². The van der Waals surface area contributed by atoms with Crippen molar-refractivity contribution in [3.8, 4) is 0 Å². The lowest BCUT2D eigenvalue weighted by Crippen LogP contribution is -2.33. The van der Waals surface area contributed by atoms with Crippen LogP contribution in [0.1, 0.15) is 24.8 Å². The topological polar surface area (TPSA) is 41.6 Å². The molecule has 1 aliphatic heterocycles. The van der Waals surface area contributed by atoms with E-state index >= 15 is 0 Å². The van der Waals surface area contributed by atoms with Gasteiger partial charge in [-0.3, -0.25) is 9.65 Å². The maximum atomic E-state index is 14.2. The fourth-order valence-corrected chi connectivity index (χ4v) is 6.69. The Hall–Kier alpha value is -2.19. The number of rotatable bonds is 8. The fourth-order valence-electron chi connectivity index (χ4n) is 4.28. The molecule has 1 atom stereocenters. The zero-order valence-corrected chi connectivity index (χ0v) is 17.4. The normalized spacial score (nSPS) is 22.2. The molecular formula is C25H26NO2P. The average Bonchev–Trinajstić information content (AvgIpc) is 3.73. The lowest BCUT2D eigenvalue weighted by Gasteiger charge is -2.26. The Morgan fingerprint density at radius 1 is 0.793 bits per heavy atom. The predicted octanol–water partition coefficient (Wildman–Crippen LogP) is 4.60. The monoisotopic (exact) mass is 403 g/mol. The molecule has 3 aromatic carbocycles. The van der Waals surface area contributed by atoms with Crippen molar-refractivity contribution in [3.05, 3.63) is 96.6 Å². The van der Waals surface area contributed by atoms with Gasteiger partial charge in [0, 0.05) is 17.2 Å². The molecule has 0 radical (unpaired) electrons. The van der Waals surface area contributed by atoms with E-state index in [1.54, 1.807) is 0 Å².